The van der Waals surface area contributed by atoms with Gasteiger partial charge in [-0.15, -0.1) is 0 Å². The standard InChI is InChI=1S/C9H18N2O2/c1-9(2,13-3)4-8(12)11-7-5-10-6-7/h7,10H,4-6H2,1-3H3,(H,11,12). The molecule has 0 atom stereocenters. The van der Waals surface area contributed by atoms with Crippen molar-refractivity contribution < 1.29 is 9.53 Å². The first-order valence-electron chi connectivity index (χ1n) is 4.59. The molecule has 4 nitrogen and oxygen atoms in total. The van der Waals surface area contributed by atoms with Gasteiger partial charge in [-0.3, -0.25) is 4.79 Å². The summed E-state index contributed by atoms with van der Waals surface area (Å²) in [5.41, 5.74) is -0.360. The fraction of sp³-hybridized carbons (Fsp3) is 0.889. The van der Waals surface area contributed by atoms with Gasteiger partial charge < -0.3 is 15.4 Å². The second kappa shape index (κ2) is 4.07. The molecular formula is C9H18N2O2. The normalized spacial score (nSPS) is 18.1. The van der Waals surface area contributed by atoms with Gasteiger partial charge in [-0.05, 0) is 13.8 Å². The van der Waals surface area contributed by atoms with E-state index in [4.69, 9.17) is 4.74 Å². The van der Waals surface area contributed by atoms with Crippen LogP contribution in [0.4, 0.5) is 0 Å². The monoisotopic (exact) mass is 186 g/mol. The summed E-state index contributed by atoms with van der Waals surface area (Å²) >= 11 is 0. The predicted molar refractivity (Wildman–Crippen MR) is 50.5 cm³/mol. The van der Waals surface area contributed by atoms with E-state index in [0.29, 0.717) is 12.5 Å². The number of methoxy groups -OCH3 is 1. The number of carbonyl (C=O) groups is 1. The topological polar surface area (TPSA) is 50.4 Å². The first kappa shape index (κ1) is 10.5. The molecule has 0 spiro atoms. The van der Waals surface area contributed by atoms with Crippen LogP contribution in [0.25, 0.3) is 0 Å². The highest BCUT2D eigenvalue weighted by Gasteiger charge is 2.24. The third kappa shape index (κ3) is 3.32. The van der Waals surface area contributed by atoms with E-state index in [1.165, 1.54) is 0 Å². The molecule has 0 aromatic heterocycles. The van der Waals surface area contributed by atoms with Crippen molar-refractivity contribution in [1.29, 1.82) is 0 Å². The van der Waals surface area contributed by atoms with Crippen LogP contribution in [-0.2, 0) is 9.53 Å². The molecule has 0 aromatic rings. The van der Waals surface area contributed by atoms with Crippen molar-refractivity contribution in [3.63, 3.8) is 0 Å². The van der Waals surface area contributed by atoms with E-state index in [9.17, 15) is 4.79 Å². The van der Waals surface area contributed by atoms with Crippen LogP contribution in [0.3, 0.4) is 0 Å². The minimum atomic E-state index is -0.360. The fourth-order valence-corrected chi connectivity index (χ4v) is 1.13. The number of ether oxygens (including phenoxy) is 1. The molecule has 1 saturated heterocycles. The molecule has 2 N–H and O–H groups in total. The zero-order valence-electron chi connectivity index (χ0n) is 8.52. The molecule has 0 bridgehead atoms. The Kier molecular flexibility index (Phi) is 3.27. The highest BCUT2D eigenvalue weighted by atomic mass is 16.5. The zero-order valence-corrected chi connectivity index (χ0v) is 8.52. The van der Waals surface area contributed by atoms with Crippen LogP contribution in [0.2, 0.25) is 0 Å². The van der Waals surface area contributed by atoms with Crippen molar-refractivity contribution in [3.05, 3.63) is 0 Å². The quantitative estimate of drug-likeness (QED) is 0.644. The summed E-state index contributed by atoms with van der Waals surface area (Å²) in [6.45, 7) is 5.59. The molecular weight excluding hydrogens is 168 g/mol. The Bertz CT molecular complexity index is 188. The molecule has 1 aliphatic heterocycles. The third-order valence-corrected chi connectivity index (χ3v) is 2.29. The summed E-state index contributed by atoms with van der Waals surface area (Å²) in [5.74, 6) is 0.0679. The molecule has 1 rings (SSSR count). The number of nitrogens with one attached hydrogen (secondary N) is 2. The summed E-state index contributed by atoms with van der Waals surface area (Å²) in [6, 6.07) is 0.320. The minimum absolute atomic E-state index is 0.0679. The lowest BCUT2D eigenvalue weighted by Gasteiger charge is -2.30. The Morgan fingerprint density at radius 2 is 2.23 bits per heavy atom. The van der Waals surface area contributed by atoms with Gasteiger partial charge >= 0.3 is 0 Å². The maximum absolute atomic E-state index is 11.4. The van der Waals surface area contributed by atoms with Gasteiger partial charge in [-0.1, -0.05) is 0 Å². The number of carbonyl (C=O) groups excluding carboxylic acids is 1. The van der Waals surface area contributed by atoms with Gasteiger partial charge in [0, 0.05) is 20.2 Å². The van der Waals surface area contributed by atoms with Gasteiger partial charge in [0.05, 0.1) is 18.1 Å². The maximum atomic E-state index is 11.4. The number of hydrogen-bond donors (Lipinski definition) is 2. The van der Waals surface area contributed by atoms with E-state index >= 15 is 0 Å². The maximum Gasteiger partial charge on any atom is 0.223 e. The number of amides is 1. The van der Waals surface area contributed by atoms with Crippen LogP contribution in [0, 0.1) is 0 Å². The predicted octanol–water partition coefficient (Wildman–Crippen LogP) is -0.110. The number of rotatable bonds is 4. The largest absolute Gasteiger partial charge is 0.378 e. The van der Waals surface area contributed by atoms with Gasteiger partial charge in [-0.25, -0.2) is 0 Å². The van der Waals surface area contributed by atoms with Crippen LogP contribution in [0.5, 0.6) is 0 Å². The molecule has 0 saturated carbocycles. The highest BCUT2D eigenvalue weighted by Crippen LogP contribution is 2.12. The molecule has 76 valence electrons. The molecule has 1 aliphatic rings. The van der Waals surface area contributed by atoms with Gasteiger partial charge in [-0.2, -0.15) is 0 Å². The Morgan fingerprint density at radius 1 is 1.62 bits per heavy atom. The zero-order chi connectivity index (χ0) is 9.90. The van der Waals surface area contributed by atoms with E-state index in [1.54, 1.807) is 7.11 Å². The van der Waals surface area contributed by atoms with Crippen molar-refractivity contribution >= 4 is 5.91 Å². The van der Waals surface area contributed by atoms with Crippen molar-refractivity contribution in [1.82, 2.24) is 10.6 Å². The lowest BCUT2D eigenvalue weighted by Crippen LogP contribution is -2.57. The molecule has 0 aromatic carbocycles. The van der Waals surface area contributed by atoms with Crippen LogP contribution in [0.1, 0.15) is 20.3 Å². The average Bonchev–Trinajstić information content (AvgIpc) is 1.96. The van der Waals surface area contributed by atoms with Gasteiger partial charge in [0.2, 0.25) is 5.91 Å². The minimum Gasteiger partial charge on any atom is -0.378 e. The summed E-state index contributed by atoms with van der Waals surface area (Å²) in [6.07, 6.45) is 0.417. The molecule has 4 heteroatoms. The smallest absolute Gasteiger partial charge is 0.223 e. The lowest BCUT2D eigenvalue weighted by atomic mass is 10.0. The van der Waals surface area contributed by atoms with Crippen LogP contribution < -0.4 is 10.6 Å². The molecule has 1 amide bonds. The lowest BCUT2D eigenvalue weighted by molar-refractivity contribution is -0.127. The molecule has 1 heterocycles. The van der Waals surface area contributed by atoms with E-state index < -0.39 is 0 Å². The third-order valence-electron chi connectivity index (χ3n) is 2.29. The summed E-state index contributed by atoms with van der Waals surface area (Å²) in [5, 5.41) is 6.02. The van der Waals surface area contributed by atoms with E-state index in [-0.39, 0.29) is 11.5 Å². The van der Waals surface area contributed by atoms with Crippen LogP contribution >= 0.6 is 0 Å². The fourth-order valence-electron chi connectivity index (χ4n) is 1.13. The molecule has 1 fully saturated rings. The Balaban J connectivity index is 2.23. The first-order valence-corrected chi connectivity index (χ1v) is 4.59. The Morgan fingerprint density at radius 3 is 2.62 bits per heavy atom. The van der Waals surface area contributed by atoms with Gasteiger partial charge in [0.1, 0.15) is 0 Å². The molecule has 13 heavy (non-hydrogen) atoms. The van der Waals surface area contributed by atoms with Crippen molar-refractivity contribution in [2.75, 3.05) is 20.2 Å². The second-order valence-electron chi connectivity index (χ2n) is 4.06. The van der Waals surface area contributed by atoms with Crippen molar-refractivity contribution in [2.45, 2.75) is 31.9 Å². The molecule has 0 aliphatic carbocycles. The van der Waals surface area contributed by atoms with E-state index in [0.717, 1.165) is 13.1 Å². The van der Waals surface area contributed by atoms with E-state index in [1.807, 2.05) is 13.8 Å². The van der Waals surface area contributed by atoms with Crippen molar-refractivity contribution in [2.24, 2.45) is 0 Å². The SMILES string of the molecule is COC(C)(C)CC(=O)NC1CNC1. The van der Waals surface area contributed by atoms with Crippen molar-refractivity contribution in [3.8, 4) is 0 Å². The Labute approximate surface area is 79.0 Å². The summed E-state index contributed by atoms with van der Waals surface area (Å²) in [7, 11) is 1.62. The second-order valence-corrected chi connectivity index (χ2v) is 4.06. The van der Waals surface area contributed by atoms with Gasteiger partial charge in [0.15, 0.2) is 0 Å². The molecule has 0 unspecified atom stereocenters. The number of hydrogen-bond acceptors (Lipinski definition) is 3. The van der Waals surface area contributed by atoms with E-state index in [2.05, 4.69) is 10.6 Å². The van der Waals surface area contributed by atoms with Crippen LogP contribution in [-0.4, -0.2) is 37.7 Å². The first-order chi connectivity index (χ1) is 6.03. The average molecular weight is 186 g/mol. The highest BCUT2D eigenvalue weighted by molar-refractivity contribution is 5.77. The van der Waals surface area contributed by atoms with Gasteiger partial charge in [0.25, 0.3) is 0 Å². The summed E-state index contributed by atoms with van der Waals surface area (Å²) < 4.78 is 5.17. The summed E-state index contributed by atoms with van der Waals surface area (Å²) in [4.78, 5) is 11.4. The molecule has 0 radical (unpaired) electrons. The Hall–Kier alpha value is -0.610. The van der Waals surface area contributed by atoms with Crippen LogP contribution in [0.15, 0.2) is 0 Å².